The van der Waals surface area contributed by atoms with Gasteiger partial charge in [0.15, 0.2) is 5.65 Å². The van der Waals surface area contributed by atoms with Crippen molar-refractivity contribution in [2.75, 3.05) is 50.6 Å². The summed E-state index contributed by atoms with van der Waals surface area (Å²) in [5.41, 5.74) is 2.79. The third-order valence-corrected chi connectivity index (χ3v) is 4.07. The molecule has 9 nitrogen and oxygen atoms in total. The zero-order valence-electron chi connectivity index (χ0n) is 13.5. The van der Waals surface area contributed by atoms with E-state index in [1.807, 2.05) is 0 Å². The molecule has 24 heavy (non-hydrogen) atoms. The molecule has 128 valence electrons. The van der Waals surface area contributed by atoms with Gasteiger partial charge in [0.05, 0.1) is 11.6 Å². The molecule has 0 aliphatic carbocycles. The van der Waals surface area contributed by atoms with E-state index in [0.29, 0.717) is 11.0 Å². The van der Waals surface area contributed by atoms with Gasteiger partial charge in [-0.1, -0.05) is 0 Å². The number of rotatable bonds is 3. The lowest BCUT2D eigenvalue weighted by Crippen LogP contribution is -2.44. The molecule has 0 bridgehead atoms. The van der Waals surface area contributed by atoms with Crippen LogP contribution in [0.1, 0.15) is 0 Å². The molecule has 1 fully saturated rings. The number of fused-ring (bicyclic) bond motifs is 1. The normalized spacial score (nSPS) is 15.5. The Labute approximate surface area is 138 Å². The van der Waals surface area contributed by atoms with Gasteiger partial charge in [-0.3, -0.25) is 4.79 Å². The van der Waals surface area contributed by atoms with Crippen LogP contribution in [-0.4, -0.2) is 66.1 Å². The van der Waals surface area contributed by atoms with Gasteiger partial charge in [0.25, 0.3) is 0 Å². The summed E-state index contributed by atoms with van der Waals surface area (Å²) in [5.74, 6) is 0.518. The van der Waals surface area contributed by atoms with Gasteiger partial charge < -0.3 is 25.1 Å². The first-order chi connectivity index (χ1) is 11.5. The van der Waals surface area contributed by atoms with Crippen LogP contribution in [0.5, 0.6) is 5.75 Å². The summed E-state index contributed by atoms with van der Waals surface area (Å²) >= 11 is 0. The van der Waals surface area contributed by atoms with Crippen LogP contribution >= 0.6 is 0 Å². The molecule has 2 aromatic rings. The summed E-state index contributed by atoms with van der Waals surface area (Å²) in [6.07, 6.45) is -0.240. The van der Waals surface area contributed by atoms with Gasteiger partial charge in [-0.2, -0.15) is 0 Å². The van der Waals surface area contributed by atoms with Gasteiger partial charge in [-0.05, 0) is 19.2 Å². The van der Waals surface area contributed by atoms with Gasteiger partial charge in [-0.15, -0.1) is 0 Å². The zero-order chi connectivity index (χ0) is 17.3. The Morgan fingerprint density at radius 3 is 2.62 bits per heavy atom. The maximum absolute atomic E-state index is 12.4. The van der Waals surface area contributed by atoms with E-state index >= 15 is 0 Å². The third-order valence-electron chi connectivity index (χ3n) is 4.07. The Hall–Kier alpha value is -2.81. The molecule has 0 radical (unpaired) electrons. The summed E-state index contributed by atoms with van der Waals surface area (Å²) < 4.78 is 6.03. The van der Waals surface area contributed by atoms with Gasteiger partial charge in [-0.25, -0.2) is 14.5 Å². The van der Waals surface area contributed by atoms with E-state index in [-0.39, 0.29) is 5.75 Å². The highest BCUT2D eigenvalue weighted by Gasteiger charge is 2.18. The fourth-order valence-electron chi connectivity index (χ4n) is 2.72. The number of hydrogen-bond acceptors (Lipinski definition) is 7. The van der Waals surface area contributed by atoms with E-state index in [1.165, 1.54) is 10.9 Å². The second-order valence-electron chi connectivity index (χ2n) is 5.61. The number of aromatic nitrogens is 2. The predicted molar refractivity (Wildman–Crippen MR) is 89.7 cm³/mol. The average molecular weight is 333 g/mol. The maximum atomic E-state index is 12.4. The summed E-state index contributed by atoms with van der Waals surface area (Å²) in [6.45, 7) is 3.62. The lowest BCUT2D eigenvalue weighted by Gasteiger charge is -2.33. The molecule has 0 saturated carbocycles. The molecule has 0 amide bonds. The first-order valence-electron chi connectivity index (χ1n) is 7.58. The fraction of sp³-hybridized carbons (Fsp3) is 0.400. The number of likely N-dealkylation sites (N-methyl/N-ethyl adjacent to an activating group) is 1. The summed E-state index contributed by atoms with van der Waals surface area (Å²) in [5, 5.41) is 9.04. The van der Waals surface area contributed by atoms with Crippen LogP contribution in [0.4, 0.5) is 10.6 Å². The highest BCUT2D eigenvalue weighted by atomic mass is 16.7. The second-order valence-corrected chi connectivity index (χ2v) is 5.61. The number of piperazine rings is 1. The Balaban J connectivity index is 2.06. The van der Waals surface area contributed by atoms with Crippen molar-refractivity contribution in [2.24, 2.45) is 0 Å². The standard InChI is InChI=1S/C15H19N5O4/c1-16-20-9-11(24-15(22)23)13(21)10-3-4-12(17-14(10)20)19-7-5-18(2)6-8-19/h3-4,9,16H,5-8H2,1-2H3,(H,22,23). The molecule has 0 unspecified atom stereocenters. The Morgan fingerprint density at radius 1 is 1.29 bits per heavy atom. The number of anilines is 1. The lowest BCUT2D eigenvalue weighted by molar-refractivity contribution is 0.144. The van der Waals surface area contributed by atoms with Gasteiger partial charge >= 0.3 is 6.16 Å². The van der Waals surface area contributed by atoms with Crippen LogP contribution in [0, 0.1) is 0 Å². The van der Waals surface area contributed by atoms with Crippen molar-refractivity contribution < 1.29 is 14.6 Å². The number of carbonyl (C=O) groups is 1. The van der Waals surface area contributed by atoms with E-state index in [4.69, 9.17) is 5.11 Å². The second kappa shape index (κ2) is 6.36. The van der Waals surface area contributed by atoms with Crippen LogP contribution in [0.2, 0.25) is 0 Å². The Morgan fingerprint density at radius 2 is 2.00 bits per heavy atom. The van der Waals surface area contributed by atoms with Crippen LogP contribution in [0.3, 0.4) is 0 Å². The van der Waals surface area contributed by atoms with E-state index in [2.05, 4.69) is 32.0 Å². The summed E-state index contributed by atoms with van der Waals surface area (Å²) in [7, 11) is 3.73. The van der Waals surface area contributed by atoms with Crippen molar-refractivity contribution in [1.29, 1.82) is 0 Å². The van der Waals surface area contributed by atoms with Crippen molar-refractivity contribution in [3.63, 3.8) is 0 Å². The first-order valence-corrected chi connectivity index (χ1v) is 7.58. The van der Waals surface area contributed by atoms with Crippen LogP contribution in [0.15, 0.2) is 23.1 Å². The minimum atomic E-state index is -1.53. The van der Waals surface area contributed by atoms with Crippen molar-refractivity contribution in [3.8, 4) is 5.75 Å². The minimum absolute atomic E-state index is 0.265. The SMILES string of the molecule is CNn1cc(OC(=O)O)c(=O)c2ccc(N3CCN(C)CC3)nc21. The highest BCUT2D eigenvalue weighted by Crippen LogP contribution is 2.19. The predicted octanol–water partition coefficient (Wildman–Crippen LogP) is 0.378. The minimum Gasteiger partial charge on any atom is -0.449 e. The number of nitrogens with one attached hydrogen (secondary N) is 1. The molecule has 3 rings (SSSR count). The topological polar surface area (TPSA) is 99.9 Å². The monoisotopic (exact) mass is 333 g/mol. The molecule has 0 spiro atoms. The first kappa shape index (κ1) is 16.1. The molecule has 0 atom stereocenters. The third kappa shape index (κ3) is 2.98. The van der Waals surface area contributed by atoms with Crippen LogP contribution in [0.25, 0.3) is 11.0 Å². The number of pyridine rings is 2. The number of carboxylic acid groups (broad SMARTS) is 1. The molecule has 1 saturated heterocycles. The molecule has 2 aromatic heterocycles. The average Bonchev–Trinajstić information content (AvgIpc) is 2.57. The van der Waals surface area contributed by atoms with Gasteiger partial charge in [0.2, 0.25) is 11.2 Å². The molecular weight excluding hydrogens is 314 g/mol. The van der Waals surface area contributed by atoms with E-state index in [9.17, 15) is 9.59 Å². The zero-order valence-corrected chi connectivity index (χ0v) is 13.5. The number of nitrogens with zero attached hydrogens (tertiary/aromatic N) is 4. The molecule has 2 N–H and O–H groups in total. The summed E-state index contributed by atoms with van der Waals surface area (Å²) in [4.78, 5) is 32.1. The fourth-order valence-corrected chi connectivity index (χ4v) is 2.72. The van der Waals surface area contributed by atoms with Crippen LogP contribution in [-0.2, 0) is 0 Å². The maximum Gasteiger partial charge on any atom is 0.511 e. The quantitative estimate of drug-likeness (QED) is 0.778. The van der Waals surface area contributed by atoms with E-state index in [1.54, 1.807) is 19.2 Å². The van der Waals surface area contributed by atoms with Gasteiger partial charge in [0.1, 0.15) is 5.82 Å². The van der Waals surface area contributed by atoms with E-state index < -0.39 is 11.6 Å². The van der Waals surface area contributed by atoms with Crippen LogP contribution < -0.4 is 20.5 Å². The molecule has 9 heteroatoms. The van der Waals surface area contributed by atoms with Crippen molar-refractivity contribution >= 4 is 23.0 Å². The van der Waals surface area contributed by atoms with Gasteiger partial charge in [0, 0.05) is 33.2 Å². The molecule has 1 aliphatic heterocycles. The molecule has 0 aromatic carbocycles. The highest BCUT2D eigenvalue weighted by molar-refractivity contribution is 5.79. The molecular formula is C15H19N5O4. The Kier molecular flexibility index (Phi) is 4.26. The molecule has 1 aliphatic rings. The number of hydrogen-bond donors (Lipinski definition) is 2. The summed E-state index contributed by atoms with van der Waals surface area (Å²) in [6, 6.07) is 3.43. The Bertz CT molecular complexity index is 826. The van der Waals surface area contributed by atoms with Crippen molar-refractivity contribution in [2.45, 2.75) is 0 Å². The smallest absolute Gasteiger partial charge is 0.449 e. The number of ether oxygens (including phenoxy) is 1. The molecule has 3 heterocycles. The largest absolute Gasteiger partial charge is 0.511 e. The van der Waals surface area contributed by atoms with Crippen molar-refractivity contribution in [1.82, 2.24) is 14.6 Å². The van der Waals surface area contributed by atoms with Crippen molar-refractivity contribution in [3.05, 3.63) is 28.6 Å². The lowest BCUT2D eigenvalue weighted by atomic mass is 10.2. The van der Waals surface area contributed by atoms with E-state index in [0.717, 1.165) is 32.0 Å².